The number of nitrogens with zero attached hydrogens (tertiary/aromatic N) is 2. The van der Waals surface area contributed by atoms with Crippen molar-refractivity contribution in [1.29, 1.82) is 0 Å². The van der Waals surface area contributed by atoms with Gasteiger partial charge in [0.2, 0.25) is 0 Å². The maximum atomic E-state index is 8.44. The Labute approximate surface area is 66.4 Å². The number of rotatable bonds is 3. The second-order valence-electron chi connectivity index (χ2n) is 2.69. The van der Waals surface area contributed by atoms with Crippen molar-refractivity contribution in [3.05, 3.63) is 0 Å². The molecule has 0 spiro atoms. The van der Waals surface area contributed by atoms with Crippen molar-refractivity contribution < 1.29 is 9.94 Å². The molecule has 1 saturated heterocycles. The number of ether oxygens (including phenoxy) is 1. The van der Waals surface area contributed by atoms with Crippen LogP contribution in [0.2, 0.25) is 0 Å². The van der Waals surface area contributed by atoms with Crippen molar-refractivity contribution in [2.45, 2.75) is 6.42 Å². The molecule has 64 valence electrons. The highest BCUT2D eigenvalue weighted by Crippen LogP contribution is 2.04. The maximum absolute atomic E-state index is 8.44. The normalized spacial score (nSPS) is 23.2. The standard InChI is InChI=1S/C7H14N2O2/c1-11-5-4-9-3-2-7(6-9)8-10/h10H,2-6H2,1H3/b8-7-. The highest BCUT2D eigenvalue weighted by molar-refractivity contribution is 5.87. The molecule has 0 radical (unpaired) electrons. The first-order valence-electron chi connectivity index (χ1n) is 3.78. The molecule has 1 heterocycles. The van der Waals surface area contributed by atoms with Gasteiger partial charge in [0.25, 0.3) is 0 Å². The van der Waals surface area contributed by atoms with Gasteiger partial charge in [-0.1, -0.05) is 5.16 Å². The lowest BCUT2D eigenvalue weighted by Gasteiger charge is -2.11. The number of likely N-dealkylation sites (tertiary alicyclic amines) is 1. The second-order valence-corrected chi connectivity index (χ2v) is 2.69. The van der Waals surface area contributed by atoms with Crippen LogP contribution in [0.4, 0.5) is 0 Å². The minimum Gasteiger partial charge on any atom is -0.411 e. The summed E-state index contributed by atoms with van der Waals surface area (Å²) in [4.78, 5) is 2.21. The summed E-state index contributed by atoms with van der Waals surface area (Å²) in [6, 6.07) is 0. The molecule has 1 rings (SSSR count). The molecular formula is C7H14N2O2. The van der Waals surface area contributed by atoms with Gasteiger partial charge in [-0.05, 0) is 0 Å². The van der Waals surface area contributed by atoms with E-state index in [2.05, 4.69) is 10.1 Å². The van der Waals surface area contributed by atoms with Crippen LogP contribution in [0.5, 0.6) is 0 Å². The molecule has 11 heavy (non-hydrogen) atoms. The Morgan fingerprint density at radius 3 is 3.09 bits per heavy atom. The van der Waals surface area contributed by atoms with Crippen molar-refractivity contribution >= 4 is 5.71 Å². The molecule has 0 bridgehead atoms. The quantitative estimate of drug-likeness (QED) is 0.470. The van der Waals surface area contributed by atoms with E-state index in [-0.39, 0.29) is 0 Å². The zero-order valence-corrected chi connectivity index (χ0v) is 6.79. The summed E-state index contributed by atoms with van der Waals surface area (Å²) in [5.74, 6) is 0. The van der Waals surface area contributed by atoms with Crippen LogP contribution in [-0.2, 0) is 4.74 Å². The van der Waals surface area contributed by atoms with Crippen LogP contribution in [0.1, 0.15) is 6.42 Å². The molecule has 1 fully saturated rings. The second kappa shape index (κ2) is 4.31. The third kappa shape index (κ3) is 2.48. The van der Waals surface area contributed by atoms with Crippen LogP contribution in [0.3, 0.4) is 0 Å². The van der Waals surface area contributed by atoms with E-state index < -0.39 is 0 Å². The van der Waals surface area contributed by atoms with Crippen LogP contribution in [0.25, 0.3) is 0 Å². The minimum absolute atomic E-state index is 0.749. The van der Waals surface area contributed by atoms with Gasteiger partial charge in [0.15, 0.2) is 0 Å². The molecule has 1 N–H and O–H groups in total. The Bertz CT molecular complexity index is 147. The summed E-state index contributed by atoms with van der Waals surface area (Å²) in [6.45, 7) is 3.46. The number of hydrogen-bond acceptors (Lipinski definition) is 4. The molecule has 0 unspecified atom stereocenters. The summed E-state index contributed by atoms with van der Waals surface area (Å²) in [5.41, 5.74) is 0.876. The number of hydrogen-bond donors (Lipinski definition) is 1. The fourth-order valence-electron chi connectivity index (χ4n) is 1.20. The fourth-order valence-corrected chi connectivity index (χ4v) is 1.20. The first-order chi connectivity index (χ1) is 5.36. The molecule has 1 aliphatic heterocycles. The topological polar surface area (TPSA) is 45.1 Å². The van der Waals surface area contributed by atoms with Gasteiger partial charge in [-0.2, -0.15) is 0 Å². The van der Waals surface area contributed by atoms with Crippen molar-refractivity contribution in [3.8, 4) is 0 Å². The fraction of sp³-hybridized carbons (Fsp3) is 0.857. The molecule has 0 atom stereocenters. The summed E-state index contributed by atoms with van der Waals surface area (Å²) < 4.78 is 4.93. The van der Waals surface area contributed by atoms with E-state index in [1.54, 1.807) is 7.11 Å². The monoisotopic (exact) mass is 158 g/mol. The number of methoxy groups -OCH3 is 1. The molecule has 0 amide bonds. The molecule has 0 aromatic rings. The first kappa shape index (κ1) is 8.49. The lowest BCUT2D eigenvalue weighted by molar-refractivity contribution is 0.162. The van der Waals surface area contributed by atoms with E-state index in [0.717, 1.165) is 38.4 Å². The van der Waals surface area contributed by atoms with E-state index in [1.807, 2.05) is 0 Å². The predicted octanol–water partition coefficient (Wildman–Crippen LogP) is 0.169. The molecule has 0 aromatic carbocycles. The smallest absolute Gasteiger partial charge is 0.0723 e. The third-order valence-electron chi connectivity index (χ3n) is 1.88. The van der Waals surface area contributed by atoms with Crippen molar-refractivity contribution in [3.63, 3.8) is 0 Å². The Kier molecular flexibility index (Phi) is 3.32. The van der Waals surface area contributed by atoms with Crippen molar-refractivity contribution in [1.82, 2.24) is 4.90 Å². The Hall–Kier alpha value is -0.610. The zero-order chi connectivity index (χ0) is 8.10. The highest BCUT2D eigenvalue weighted by Gasteiger charge is 2.16. The Morgan fingerprint density at radius 2 is 2.55 bits per heavy atom. The van der Waals surface area contributed by atoms with Gasteiger partial charge >= 0.3 is 0 Å². The van der Waals surface area contributed by atoms with Gasteiger partial charge in [-0.15, -0.1) is 0 Å². The Morgan fingerprint density at radius 1 is 1.73 bits per heavy atom. The SMILES string of the molecule is COCCN1CC/C(=N/O)C1. The lowest BCUT2D eigenvalue weighted by Crippen LogP contribution is -2.24. The predicted molar refractivity (Wildman–Crippen MR) is 42.2 cm³/mol. The van der Waals surface area contributed by atoms with E-state index in [9.17, 15) is 0 Å². The first-order valence-corrected chi connectivity index (χ1v) is 3.78. The zero-order valence-electron chi connectivity index (χ0n) is 6.79. The molecule has 0 saturated carbocycles. The van der Waals surface area contributed by atoms with Crippen LogP contribution in [-0.4, -0.2) is 49.2 Å². The molecular weight excluding hydrogens is 144 g/mol. The largest absolute Gasteiger partial charge is 0.411 e. The van der Waals surface area contributed by atoms with Crippen LogP contribution in [0, 0.1) is 0 Å². The third-order valence-corrected chi connectivity index (χ3v) is 1.88. The summed E-state index contributed by atoms with van der Waals surface area (Å²) >= 11 is 0. The maximum Gasteiger partial charge on any atom is 0.0723 e. The van der Waals surface area contributed by atoms with E-state index in [0.29, 0.717) is 0 Å². The van der Waals surface area contributed by atoms with Gasteiger partial charge in [-0.3, -0.25) is 4.90 Å². The number of oxime groups is 1. The van der Waals surface area contributed by atoms with E-state index in [4.69, 9.17) is 9.94 Å². The summed E-state index contributed by atoms with van der Waals surface area (Å²) in [5, 5.41) is 11.6. The van der Waals surface area contributed by atoms with E-state index >= 15 is 0 Å². The van der Waals surface area contributed by atoms with Crippen LogP contribution >= 0.6 is 0 Å². The molecule has 1 aliphatic rings. The summed E-state index contributed by atoms with van der Waals surface area (Å²) in [7, 11) is 1.69. The van der Waals surface area contributed by atoms with Crippen molar-refractivity contribution in [2.24, 2.45) is 5.16 Å². The van der Waals surface area contributed by atoms with E-state index in [1.165, 1.54) is 0 Å². The molecule has 4 heteroatoms. The minimum atomic E-state index is 0.749. The van der Waals surface area contributed by atoms with Crippen molar-refractivity contribution in [2.75, 3.05) is 33.4 Å². The lowest BCUT2D eigenvalue weighted by atomic mass is 10.3. The van der Waals surface area contributed by atoms with Gasteiger partial charge in [0, 0.05) is 33.2 Å². The highest BCUT2D eigenvalue weighted by atomic mass is 16.5. The van der Waals surface area contributed by atoms with Gasteiger partial charge < -0.3 is 9.94 Å². The van der Waals surface area contributed by atoms with Crippen LogP contribution in [0.15, 0.2) is 5.16 Å². The Balaban J connectivity index is 2.19. The van der Waals surface area contributed by atoms with Gasteiger partial charge in [0.05, 0.1) is 12.3 Å². The average molecular weight is 158 g/mol. The molecule has 0 aliphatic carbocycles. The average Bonchev–Trinajstić information content (AvgIpc) is 2.48. The summed E-state index contributed by atoms with van der Waals surface area (Å²) in [6.07, 6.45) is 0.889. The molecule has 4 nitrogen and oxygen atoms in total. The van der Waals surface area contributed by atoms with Gasteiger partial charge in [0.1, 0.15) is 0 Å². The molecule has 0 aromatic heterocycles. The van der Waals surface area contributed by atoms with Crippen LogP contribution < -0.4 is 0 Å². The van der Waals surface area contributed by atoms with Gasteiger partial charge in [-0.25, -0.2) is 0 Å².